The lowest BCUT2D eigenvalue weighted by atomic mass is 10.1. The molecule has 1 heterocycles. The van der Waals surface area contributed by atoms with Gasteiger partial charge >= 0.3 is 5.69 Å². The zero-order valence-corrected chi connectivity index (χ0v) is 15.5. The van der Waals surface area contributed by atoms with E-state index in [0.717, 1.165) is 17.8 Å². The fraction of sp³-hybridized carbons (Fsp3) is 0.211. The molecule has 130 valence electrons. The first-order chi connectivity index (χ1) is 12.0. The molecule has 0 saturated heterocycles. The number of halogens is 2. The third-order valence-electron chi connectivity index (χ3n) is 3.79. The minimum absolute atomic E-state index is 0.233. The summed E-state index contributed by atoms with van der Waals surface area (Å²) in [6.07, 6.45) is 0. The average molecular weight is 376 g/mol. The van der Waals surface area contributed by atoms with E-state index < -0.39 is 0 Å². The van der Waals surface area contributed by atoms with Crippen LogP contribution in [0.15, 0.2) is 53.3 Å². The van der Waals surface area contributed by atoms with Crippen molar-refractivity contribution in [3.63, 3.8) is 0 Å². The molecule has 2 N–H and O–H groups in total. The van der Waals surface area contributed by atoms with Gasteiger partial charge in [-0.05, 0) is 24.1 Å². The van der Waals surface area contributed by atoms with Gasteiger partial charge in [-0.15, -0.1) is 0 Å². The van der Waals surface area contributed by atoms with E-state index in [1.807, 2.05) is 30.3 Å². The van der Waals surface area contributed by atoms with Gasteiger partial charge in [-0.2, -0.15) is 0 Å². The molecule has 0 radical (unpaired) electrons. The van der Waals surface area contributed by atoms with Crippen molar-refractivity contribution in [3.05, 3.63) is 69.1 Å². The summed E-state index contributed by atoms with van der Waals surface area (Å²) in [6.45, 7) is 4.98. The van der Waals surface area contributed by atoms with E-state index >= 15 is 0 Å². The fourth-order valence-corrected chi connectivity index (χ4v) is 2.90. The van der Waals surface area contributed by atoms with Crippen LogP contribution in [0, 0.1) is 5.92 Å². The lowest BCUT2D eigenvalue weighted by Gasteiger charge is -2.13. The Morgan fingerprint density at radius 3 is 2.44 bits per heavy atom. The van der Waals surface area contributed by atoms with Gasteiger partial charge in [0.25, 0.3) is 0 Å². The average Bonchev–Trinajstić information content (AvgIpc) is 2.92. The van der Waals surface area contributed by atoms with Gasteiger partial charge in [-0.25, -0.2) is 4.79 Å². The number of H-pyrrole nitrogens is 1. The number of hydrogen-bond acceptors (Lipinski definition) is 2. The summed E-state index contributed by atoms with van der Waals surface area (Å²) >= 11 is 12.2. The Kier molecular flexibility index (Phi) is 5.21. The highest BCUT2D eigenvalue weighted by molar-refractivity contribution is 6.42. The zero-order chi connectivity index (χ0) is 18.0. The summed E-state index contributed by atoms with van der Waals surface area (Å²) in [5, 5.41) is 4.19. The minimum atomic E-state index is -0.233. The normalized spacial score (nSPS) is 11.1. The topological polar surface area (TPSA) is 49.8 Å². The number of nitrogens with zero attached hydrogens (tertiary/aromatic N) is 1. The molecule has 0 bridgehead atoms. The number of hydrogen-bond donors (Lipinski definition) is 2. The van der Waals surface area contributed by atoms with Crippen LogP contribution < -0.4 is 11.0 Å². The smallest absolute Gasteiger partial charge is 0.332 e. The Balaban J connectivity index is 2.20. The molecule has 0 amide bonds. The molecule has 0 aliphatic carbocycles. The van der Waals surface area contributed by atoms with E-state index in [1.165, 1.54) is 0 Å². The van der Waals surface area contributed by atoms with Gasteiger partial charge in [-0.3, -0.25) is 9.55 Å². The molecule has 4 nitrogen and oxygen atoms in total. The van der Waals surface area contributed by atoms with Crippen LogP contribution >= 0.6 is 23.2 Å². The quantitative estimate of drug-likeness (QED) is 0.643. The summed E-state index contributed by atoms with van der Waals surface area (Å²) in [7, 11) is 0. The van der Waals surface area contributed by atoms with Gasteiger partial charge in [0.1, 0.15) is 5.82 Å². The van der Waals surface area contributed by atoms with Crippen LogP contribution in [0.1, 0.15) is 13.8 Å². The number of aromatic nitrogens is 2. The van der Waals surface area contributed by atoms with Gasteiger partial charge in [0.15, 0.2) is 0 Å². The third-order valence-corrected chi connectivity index (χ3v) is 4.53. The lowest BCUT2D eigenvalue weighted by molar-refractivity contribution is 0.687. The summed E-state index contributed by atoms with van der Waals surface area (Å²) in [5.41, 5.74) is 2.12. The van der Waals surface area contributed by atoms with Crippen molar-refractivity contribution in [2.45, 2.75) is 13.8 Å². The number of imidazole rings is 1. The SMILES string of the molecule is CC(C)CNc1[nH]c(=O)n(-c2ccc(Cl)c(Cl)c2)c1-c1ccccc1. The van der Waals surface area contributed by atoms with E-state index in [1.54, 1.807) is 22.8 Å². The van der Waals surface area contributed by atoms with Crippen LogP contribution in [-0.2, 0) is 0 Å². The van der Waals surface area contributed by atoms with Crippen molar-refractivity contribution >= 4 is 29.0 Å². The Labute approximate surface area is 156 Å². The van der Waals surface area contributed by atoms with Crippen LogP contribution in [0.4, 0.5) is 5.82 Å². The molecule has 2 aromatic carbocycles. The van der Waals surface area contributed by atoms with Gasteiger partial charge < -0.3 is 5.32 Å². The molecule has 0 aliphatic rings. The first kappa shape index (κ1) is 17.6. The molecule has 3 rings (SSSR count). The number of rotatable bonds is 5. The summed E-state index contributed by atoms with van der Waals surface area (Å²) < 4.78 is 1.61. The summed E-state index contributed by atoms with van der Waals surface area (Å²) in [5.74, 6) is 1.14. The van der Waals surface area contributed by atoms with Crippen molar-refractivity contribution in [3.8, 4) is 16.9 Å². The predicted molar refractivity (Wildman–Crippen MR) is 105 cm³/mol. The fourth-order valence-electron chi connectivity index (χ4n) is 2.61. The van der Waals surface area contributed by atoms with Gasteiger partial charge in [-0.1, -0.05) is 67.4 Å². The minimum Gasteiger partial charge on any atom is -0.369 e. The second-order valence-corrected chi connectivity index (χ2v) is 7.04. The number of nitrogens with one attached hydrogen (secondary N) is 2. The van der Waals surface area contributed by atoms with Gasteiger partial charge in [0, 0.05) is 12.1 Å². The highest BCUT2D eigenvalue weighted by Gasteiger charge is 2.18. The monoisotopic (exact) mass is 375 g/mol. The number of anilines is 1. The summed E-state index contributed by atoms with van der Waals surface area (Å²) in [6, 6.07) is 14.9. The van der Waals surface area contributed by atoms with Crippen LogP contribution in [-0.4, -0.2) is 16.1 Å². The molecule has 0 aliphatic heterocycles. The van der Waals surface area contributed by atoms with Crippen LogP contribution in [0.5, 0.6) is 0 Å². The van der Waals surface area contributed by atoms with Gasteiger partial charge in [0.2, 0.25) is 0 Å². The second-order valence-electron chi connectivity index (χ2n) is 6.23. The lowest BCUT2D eigenvalue weighted by Crippen LogP contribution is -2.15. The molecule has 0 atom stereocenters. The van der Waals surface area contributed by atoms with E-state index in [-0.39, 0.29) is 5.69 Å². The maximum atomic E-state index is 12.7. The van der Waals surface area contributed by atoms with Crippen molar-refractivity contribution in [2.75, 3.05) is 11.9 Å². The Morgan fingerprint density at radius 1 is 1.08 bits per heavy atom. The van der Waals surface area contributed by atoms with Crippen LogP contribution in [0.2, 0.25) is 10.0 Å². The van der Waals surface area contributed by atoms with E-state index in [2.05, 4.69) is 24.1 Å². The molecule has 1 aromatic heterocycles. The van der Waals surface area contributed by atoms with E-state index in [0.29, 0.717) is 27.5 Å². The predicted octanol–water partition coefficient (Wildman–Crippen LogP) is 5.21. The molecular formula is C19H19Cl2N3O. The van der Waals surface area contributed by atoms with Crippen molar-refractivity contribution < 1.29 is 0 Å². The van der Waals surface area contributed by atoms with Crippen molar-refractivity contribution in [2.24, 2.45) is 5.92 Å². The second kappa shape index (κ2) is 7.38. The van der Waals surface area contributed by atoms with Gasteiger partial charge in [0.05, 0.1) is 21.4 Å². The van der Waals surface area contributed by atoms with Crippen molar-refractivity contribution in [1.82, 2.24) is 9.55 Å². The largest absolute Gasteiger partial charge is 0.369 e. The zero-order valence-electron chi connectivity index (χ0n) is 14.0. The van der Waals surface area contributed by atoms with E-state index in [9.17, 15) is 4.79 Å². The number of benzene rings is 2. The Bertz CT molecular complexity index is 930. The molecule has 0 fully saturated rings. The highest BCUT2D eigenvalue weighted by atomic mass is 35.5. The highest BCUT2D eigenvalue weighted by Crippen LogP contribution is 2.30. The molecule has 0 unspecified atom stereocenters. The van der Waals surface area contributed by atoms with E-state index in [4.69, 9.17) is 23.2 Å². The third kappa shape index (κ3) is 3.75. The van der Waals surface area contributed by atoms with Crippen LogP contribution in [0.25, 0.3) is 16.9 Å². The maximum absolute atomic E-state index is 12.7. The Hall–Kier alpha value is -2.17. The Morgan fingerprint density at radius 2 is 1.80 bits per heavy atom. The maximum Gasteiger partial charge on any atom is 0.332 e. The molecule has 0 saturated carbocycles. The first-order valence-electron chi connectivity index (χ1n) is 8.07. The van der Waals surface area contributed by atoms with Crippen LogP contribution in [0.3, 0.4) is 0 Å². The first-order valence-corrected chi connectivity index (χ1v) is 8.82. The van der Waals surface area contributed by atoms with Crippen molar-refractivity contribution in [1.29, 1.82) is 0 Å². The molecule has 3 aromatic rings. The standard InChI is InChI=1S/C19H19Cl2N3O/c1-12(2)11-22-18-17(13-6-4-3-5-7-13)24(19(25)23-18)14-8-9-15(20)16(21)10-14/h3-10,12,22H,11H2,1-2H3,(H,23,25). The summed E-state index contributed by atoms with van der Waals surface area (Å²) in [4.78, 5) is 15.6. The molecular weight excluding hydrogens is 357 g/mol. The molecule has 6 heteroatoms. The molecule has 25 heavy (non-hydrogen) atoms. The molecule has 0 spiro atoms. The number of aromatic amines is 1.